The molecule has 0 spiro atoms. The zero-order valence-corrected chi connectivity index (χ0v) is 14.4. The van der Waals surface area contributed by atoms with E-state index in [0.29, 0.717) is 37.6 Å². The molecule has 1 aromatic rings. The Morgan fingerprint density at radius 2 is 1.91 bits per heavy atom. The monoisotopic (exact) mass is 342 g/mol. The van der Waals surface area contributed by atoms with E-state index in [4.69, 9.17) is 9.47 Å². The number of nitrogens with zero attached hydrogens (tertiary/aromatic N) is 1. The van der Waals surface area contributed by atoms with Gasteiger partial charge in [-0.3, -0.25) is 4.79 Å². The summed E-state index contributed by atoms with van der Waals surface area (Å²) in [7, 11) is -2.22. The number of sulfonamides is 1. The summed E-state index contributed by atoms with van der Waals surface area (Å²) in [6.07, 6.45) is 0. The molecular weight excluding hydrogens is 320 g/mol. The molecule has 1 amide bonds. The molecule has 0 aliphatic carbocycles. The summed E-state index contributed by atoms with van der Waals surface area (Å²) < 4.78 is 37.6. The SMILES string of the molecule is COc1cc(C)c(S(=O)(=O)NCC(=O)N2CCOCC2)cc1C. The molecular formula is C15H22N2O5S. The van der Waals surface area contributed by atoms with Crippen molar-refractivity contribution in [1.29, 1.82) is 0 Å². The molecule has 0 bridgehead atoms. The summed E-state index contributed by atoms with van der Waals surface area (Å²) in [6, 6.07) is 3.23. The maximum atomic E-state index is 12.4. The number of hydrogen-bond acceptors (Lipinski definition) is 5. The minimum atomic E-state index is -3.76. The Hall–Kier alpha value is -1.64. The highest BCUT2D eigenvalue weighted by molar-refractivity contribution is 7.89. The van der Waals surface area contributed by atoms with E-state index in [-0.39, 0.29) is 17.3 Å². The van der Waals surface area contributed by atoms with Crippen molar-refractivity contribution in [3.05, 3.63) is 23.3 Å². The fraction of sp³-hybridized carbons (Fsp3) is 0.533. The standard InChI is InChI=1S/C15H22N2O5S/c1-11-9-14(12(2)8-13(11)21-3)23(19,20)16-10-15(18)17-4-6-22-7-5-17/h8-9,16H,4-7,10H2,1-3H3. The Morgan fingerprint density at radius 1 is 1.26 bits per heavy atom. The van der Waals surface area contributed by atoms with Gasteiger partial charge in [-0.25, -0.2) is 13.1 Å². The largest absolute Gasteiger partial charge is 0.496 e. The average Bonchev–Trinajstić information content (AvgIpc) is 2.55. The lowest BCUT2D eigenvalue weighted by Gasteiger charge is -2.26. The van der Waals surface area contributed by atoms with Crippen LogP contribution in [-0.2, 0) is 19.6 Å². The van der Waals surface area contributed by atoms with E-state index < -0.39 is 10.0 Å². The van der Waals surface area contributed by atoms with Crippen LogP contribution in [0.25, 0.3) is 0 Å². The number of aryl methyl sites for hydroxylation is 2. The number of hydrogen-bond donors (Lipinski definition) is 1. The average molecular weight is 342 g/mol. The summed E-state index contributed by atoms with van der Waals surface area (Å²) in [4.78, 5) is 13.8. The second-order valence-corrected chi connectivity index (χ2v) is 7.14. The second-order valence-electron chi connectivity index (χ2n) is 5.41. The zero-order chi connectivity index (χ0) is 17.0. The van der Waals surface area contributed by atoms with Crippen LogP contribution in [0.4, 0.5) is 0 Å². The van der Waals surface area contributed by atoms with Gasteiger partial charge in [-0.15, -0.1) is 0 Å². The van der Waals surface area contributed by atoms with E-state index in [0.717, 1.165) is 5.56 Å². The fourth-order valence-corrected chi connectivity index (χ4v) is 3.72. The topological polar surface area (TPSA) is 84.9 Å². The highest BCUT2D eigenvalue weighted by Crippen LogP contribution is 2.25. The second kappa shape index (κ2) is 7.29. The van der Waals surface area contributed by atoms with Crippen molar-refractivity contribution in [3.63, 3.8) is 0 Å². The van der Waals surface area contributed by atoms with Gasteiger partial charge >= 0.3 is 0 Å². The number of benzene rings is 1. The van der Waals surface area contributed by atoms with E-state index in [1.54, 1.807) is 30.9 Å². The van der Waals surface area contributed by atoms with Crippen LogP contribution in [0.5, 0.6) is 5.75 Å². The van der Waals surface area contributed by atoms with Crippen molar-refractivity contribution >= 4 is 15.9 Å². The summed E-state index contributed by atoms with van der Waals surface area (Å²) in [5.74, 6) is 0.380. The molecule has 1 aliphatic heterocycles. The van der Waals surface area contributed by atoms with Gasteiger partial charge in [0.1, 0.15) is 5.75 Å². The van der Waals surface area contributed by atoms with E-state index in [2.05, 4.69) is 4.72 Å². The summed E-state index contributed by atoms with van der Waals surface area (Å²) in [6.45, 7) is 5.15. The van der Waals surface area contributed by atoms with Gasteiger partial charge in [-0.2, -0.15) is 0 Å². The third-order valence-corrected chi connectivity index (χ3v) is 5.30. The smallest absolute Gasteiger partial charge is 0.241 e. The molecule has 0 radical (unpaired) electrons. The predicted molar refractivity (Wildman–Crippen MR) is 85.1 cm³/mol. The lowest BCUT2D eigenvalue weighted by molar-refractivity contribution is -0.133. The van der Waals surface area contributed by atoms with Crippen molar-refractivity contribution in [2.45, 2.75) is 18.7 Å². The van der Waals surface area contributed by atoms with Gasteiger partial charge in [0.05, 0.1) is 31.8 Å². The van der Waals surface area contributed by atoms with Gasteiger partial charge < -0.3 is 14.4 Å². The normalized spacial score (nSPS) is 15.5. The predicted octanol–water partition coefficient (Wildman–Crippen LogP) is 0.449. The first-order chi connectivity index (χ1) is 10.8. The third kappa shape index (κ3) is 4.21. The minimum Gasteiger partial charge on any atom is -0.496 e. The molecule has 1 saturated heterocycles. The molecule has 8 heteroatoms. The van der Waals surface area contributed by atoms with Gasteiger partial charge in [-0.05, 0) is 37.1 Å². The lowest BCUT2D eigenvalue weighted by atomic mass is 10.1. The van der Waals surface area contributed by atoms with Gasteiger partial charge in [0, 0.05) is 13.1 Å². The number of nitrogens with one attached hydrogen (secondary N) is 1. The van der Waals surface area contributed by atoms with Gasteiger partial charge in [0.15, 0.2) is 0 Å². The first-order valence-electron chi connectivity index (χ1n) is 7.35. The Morgan fingerprint density at radius 3 is 2.52 bits per heavy atom. The van der Waals surface area contributed by atoms with Crippen LogP contribution in [0.1, 0.15) is 11.1 Å². The van der Waals surface area contributed by atoms with Crippen LogP contribution in [0.2, 0.25) is 0 Å². The van der Waals surface area contributed by atoms with Gasteiger partial charge in [0.2, 0.25) is 15.9 Å². The number of ether oxygens (including phenoxy) is 2. The number of amides is 1. The number of carbonyl (C=O) groups excluding carboxylic acids is 1. The van der Waals surface area contributed by atoms with Crippen LogP contribution < -0.4 is 9.46 Å². The lowest BCUT2D eigenvalue weighted by Crippen LogP contribution is -2.45. The minimum absolute atomic E-state index is 0.158. The molecule has 1 aromatic carbocycles. The van der Waals surface area contributed by atoms with E-state index in [1.165, 1.54) is 7.11 Å². The first-order valence-corrected chi connectivity index (χ1v) is 8.84. The maximum absolute atomic E-state index is 12.4. The Kier molecular flexibility index (Phi) is 5.61. The van der Waals surface area contributed by atoms with Crippen LogP contribution in [0, 0.1) is 13.8 Å². The molecule has 0 saturated carbocycles. The van der Waals surface area contributed by atoms with Crippen LogP contribution >= 0.6 is 0 Å². The van der Waals surface area contributed by atoms with Gasteiger partial charge in [0.25, 0.3) is 0 Å². The van der Waals surface area contributed by atoms with Crippen LogP contribution in [-0.4, -0.2) is 59.2 Å². The quantitative estimate of drug-likeness (QED) is 0.840. The zero-order valence-electron chi connectivity index (χ0n) is 13.6. The van der Waals surface area contributed by atoms with E-state index >= 15 is 0 Å². The Bertz CT molecular complexity index is 681. The molecule has 23 heavy (non-hydrogen) atoms. The number of rotatable bonds is 5. The molecule has 2 rings (SSSR count). The molecule has 1 aliphatic rings. The van der Waals surface area contributed by atoms with Crippen molar-refractivity contribution in [2.75, 3.05) is 40.0 Å². The third-order valence-electron chi connectivity index (χ3n) is 3.76. The number of carbonyl (C=O) groups is 1. The summed E-state index contributed by atoms with van der Waals surface area (Å²) in [5.41, 5.74) is 1.29. The molecule has 0 aromatic heterocycles. The van der Waals surface area contributed by atoms with E-state index in [9.17, 15) is 13.2 Å². The van der Waals surface area contributed by atoms with Crippen molar-refractivity contribution in [1.82, 2.24) is 9.62 Å². The number of methoxy groups -OCH3 is 1. The molecule has 1 heterocycles. The highest BCUT2D eigenvalue weighted by Gasteiger charge is 2.22. The van der Waals surface area contributed by atoms with Crippen molar-refractivity contribution < 1.29 is 22.7 Å². The summed E-state index contributed by atoms with van der Waals surface area (Å²) >= 11 is 0. The van der Waals surface area contributed by atoms with Crippen molar-refractivity contribution in [2.24, 2.45) is 0 Å². The molecule has 1 N–H and O–H groups in total. The molecule has 7 nitrogen and oxygen atoms in total. The molecule has 1 fully saturated rings. The Labute approximate surface area is 136 Å². The van der Waals surface area contributed by atoms with Gasteiger partial charge in [-0.1, -0.05) is 0 Å². The fourth-order valence-electron chi connectivity index (χ4n) is 2.43. The summed E-state index contributed by atoms with van der Waals surface area (Å²) in [5, 5.41) is 0. The maximum Gasteiger partial charge on any atom is 0.241 e. The van der Waals surface area contributed by atoms with Crippen LogP contribution in [0.3, 0.4) is 0 Å². The molecule has 0 atom stereocenters. The molecule has 128 valence electrons. The highest BCUT2D eigenvalue weighted by atomic mass is 32.2. The number of morpholine rings is 1. The van der Waals surface area contributed by atoms with Crippen LogP contribution in [0.15, 0.2) is 17.0 Å². The Balaban J connectivity index is 2.09. The molecule has 0 unspecified atom stereocenters. The first kappa shape index (κ1) is 17.7. The van der Waals surface area contributed by atoms with E-state index in [1.807, 2.05) is 0 Å². The van der Waals surface area contributed by atoms with Crippen molar-refractivity contribution in [3.8, 4) is 5.75 Å².